The van der Waals surface area contributed by atoms with E-state index in [-0.39, 0.29) is 0 Å². The first kappa shape index (κ1) is 30.9. The first-order chi connectivity index (χ1) is 28.2. The molecule has 0 saturated carbocycles. The predicted octanol–water partition coefficient (Wildman–Crippen LogP) is 14.0. The van der Waals surface area contributed by atoms with Gasteiger partial charge in [-0.15, -0.1) is 11.3 Å². The lowest BCUT2D eigenvalue weighted by Gasteiger charge is -2.11. The second-order valence-corrected chi connectivity index (χ2v) is 15.8. The van der Waals surface area contributed by atoms with E-state index in [1.54, 1.807) is 0 Å². The molecule has 0 saturated heterocycles. The van der Waals surface area contributed by atoms with Gasteiger partial charge >= 0.3 is 0 Å². The van der Waals surface area contributed by atoms with Crippen LogP contribution in [0.4, 0.5) is 0 Å². The Labute approximate surface area is 329 Å². The van der Waals surface area contributed by atoms with Crippen LogP contribution in [0.25, 0.3) is 125 Å². The van der Waals surface area contributed by atoms with Gasteiger partial charge in [0.1, 0.15) is 5.52 Å². The van der Waals surface area contributed by atoms with Crippen molar-refractivity contribution in [1.82, 2.24) is 19.4 Å². The van der Waals surface area contributed by atoms with E-state index in [0.717, 1.165) is 77.3 Å². The SMILES string of the molecule is c1ccc(-c2nc3cc4c5ccccc5n5c6ccc(-c7cccc(-c8nc(-c9cccc%10c9sc9ccccc9%10)c9ccccc9n8)c7)cc6c(c3o2)c45)cc1. The highest BCUT2D eigenvalue weighted by Gasteiger charge is 2.24. The number of aromatic nitrogens is 4. The Hall–Kier alpha value is -7.41. The standard InChI is InChI=1S/C51H28N4OS/c1-2-12-29(13-3-1)51-53-41-28-38-33-16-5-8-22-42(33)55-43-25-24-31(27-39(43)45(47(38)55)48(41)56-51)30-14-10-15-32(26-30)50-52-40-21-7-4-18-36(40)46(54-50)37-20-11-19-35-34-17-6-9-23-44(34)57-49(35)37/h1-28H. The Morgan fingerprint density at radius 1 is 0.456 bits per heavy atom. The summed E-state index contributed by atoms with van der Waals surface area (Å²) in [6, 6.07) is 59.9. The molecule has 0 amide bonds. The smallest absolute Gasteiger partial charge is 0.227 e. The second-order valence-electron chi connectivity index (χ2n) is 14.7. The molecule has 0 aliphatic carbocycles. The first-order valence-electron chi connectivity index (χ1n) is 19.1. The molecule has 0 N–H and O–H groups in total. The van der Waals surface area contributed by atoms with Gasteiger partial charge in [0.2, 0.25) is 5.89 Å². The van der Waals surface area contributed by atoms with Gasteiger partial charge in [-0.3, -0.25) is 0 Å². The van der Waals surface area contributed by atoms with Gasteiger partial charge < -0.3 is 8.82 Å². The zero-order chi connectivity index (χ0) is 37.2. The molecule has 13 aromatic rings. The van der Waals surface area contributed by atoms with Crippen LogP contribution in [0.2, 0.25) is 0 Å². The van der Waals surface area contributed by atoms with Gasteiger partial charge in [-0.25, -0.2) is 15.0 Å². The molecule has 5 heterocycles. The Bertz CT molecular complexity index is 3760. The van der Waals surface area contributed by atoms with E-state index in [0.29, 0.717) is 11.7 Å². The first-order valence-corrected chi connectivity index (χ1v) is 19.9. The maximum Gasteiger partial charge on any atom is 0.227 e. The van der Waals surface area contributed by atoms with Crippen LogP contribution in [0.15, 0.2) is 174 Å². The van der Waals surface area contributed by atoms with E-state index in [9.17, 15) is 0 Å². The van der Waals surface area contributed by atoms with Crippen LogP contribution >= 0.6 is 11.3 Å². The molecule has 5 nitrogen and oxygen atoms in total. The highest BCUT2D eigenvalue weighted by atomic mass is 32.1. The summed E-state index contributed by atoms with van der Waals surface area (Å²) in [4.78, 5) is 15.6. The van der Waals surface area contributed by atoms with Crippen molar-refractivity contribution in [3.05, 3.63) is 170 Å². The van der Waals surface area contributed by atoms with E-state index in [4.69, 9.17) is 19.4 Å². The minimum absolute atomic E-state index is 0.626. The van der Waals surface area contributed by atoms with Gasteiger partial charge in [-0.2, -0.15) is 0 Å². The van der Waals surface area contributed by atoms with Gasteiger partial charge in [-0.1, -0.05) is 115 Å². The maximum absolute atomic E-state index is 6.68. The van der Waals surface area contributed by atoms with E-state index in [2.05, 4.69) is 144 Å². The fourth-order valence-electron chi connectivity index (χ4n) is 9.01. The Balaban J connectivity index is 1.01. The van der Waals surface area contributed by atoms with Crippen LogP contribution < -0.4 is 0 Å². The van der Waals surface area contributed by atoms with Crippen LogP contribution in [0.3, 0.4) is 0 Å². The van der Waals surface area contributed by atoms with Crippen LogP contribution in [-0.2, 0) is 0 Å². The molecule has 5 aromatic heterocycles. The fraction of sp³-hybridized carbons (Fsp3) is 0. The predicted molar refractivity (Wildman–Crippen MR) is 236 cm³/mol. The van der Waals surface area contributed by atoms with Crippen molar-refractivity contribution in [2.75, 3.05) is 0 Å². The average molecular weight is 745 g/mol. The van der Waals surface area contributed by atoms with Crippen molar-refractivity contribution in [2.24, 2.45) is 0 Å². The van der Waals surface area contributed by atoms with Gasteiger partial charge in [0.15, 0.2) is 11.4 Å². The van der Waals surface area contributed by atoms with E-state index in [1.807, 2.05) is 41.7 Å². The molecule has 0 bridgehead atoms. The topological polar surface area (TPSA) is 56.2 Å². The summed E-state index contributed by atoms with van der Waals surface area (Å²) in [7, 11) is 0. The van der Waals surface area contributed by atoms with Gasteiger partial charge in [-0.05, 0) is 65.7 Å². The lowest BCUT2D eigenvalue weighted by molar-refractivity contribution is 0.623. The number of hydrogen-bond acceptors (Lipinski definition) is 5. The Morgan fingerprint density at radius 2 is 1.18 bits per heavy atom. The van der Waals surface area contributed by atoms with E-state index in [1.165, 1.54) is 36.5 Å². The fourth-order valence-corrected chi connectivity index (χ4v) is 10.2. The van der Waals surface area contributed by atoms with Crippen LogP contribution in [0.1, 0.15) is 0 Å². The summed E-state index contributed by atoms with van der Waals surface area (Å²) in [6.45, 7) is 0. The summed E-state index contributed by atoms with van der Waals surface area (Å²) < 4.78 is 11.6. The highest BCUT2D eigenvalue weighted by Crippen LogP contribution is 2.45. The largest absolute Gasteiger partial charge is 0.435 e. The number of para-hydroxylation sites is 2. The quantitative estimate of drug-likeness (QED) is 0.180. The zero-order valence-corrected chi connectivity index (χ0v) is 31.1. The molecular weight excluding hydrogens is 717 g/mol. The minimum Gasteiger partial charge on any atom is -0.435 e. The van der Waals surface area contributed by atoms with Crippen molar-refractivity contribution in [1.29, 1.82) is 0 Å². The number of rotatable bonds is 4. The molecule has 0 aliphatic rings. The summed E-state index contributed by atoms with van der Waals surface area (Å²) >= 11 is 1.83. The van der Waals surface area contributed by atoms with Gasteiger partial charge in [0.25, 0.3) is 0 Å². The third kappa shape index (κ3) is 4.41. The highest BCUT2D eigenvalue weighted by molar-refractivity contribution is 7.26. The summed E-state index contributed by atoms with van der Waals surface area (Å²) in [6.07, 6.45) is 0. The van der Waals surface area contributed by atoms with E-state index >= 15 is 0 Å². The lowest BCUT2D eigenvalue weighted by Crippen LogP contribution is -1.95. The zero-order valence-electron chi connectivity index (χ0n) is 30.3. The molecule has 0 fully saturated rings. The molecule has 264 valence electrons. The molecule has 6 heteroatoms. The molecule has 0 unspecified atom stereocenters. The number of thiophene rings is 1. The number of benzene rings is 8. The third-order valence-corrected chi connectivity index (χ3v) is 12.8. The van der Waals surface area contributed by atoms with Crippen molar-refractivity contribution in [3.8, 4) is 45.2 Å². The van der Waals surface area contributed by atoms with Crippen molar-refractivity contribution in [2.45, 2.75) is 0 Å². The maximum atomic E-state index is 6.68. The molecule has 0 atom stereocenters. The molecule has 0 aliphatic heterocycles. The normalized spacial score (nSPS) is 12.2. The summed E-state index contributed by atoms with van der Waals surface area (Å²) in [5.74, 6) is 1.33. The van der Waals surface area contributed by atoms with Gasteiger partial charge in [0, 0.05) is 58.4 Å². The molecule has 0 radical (unpaired) electrons. The van der Waals surface area contributed by atoms with Gasteiger partial charge in [0.05, 0.1) is 33.1 Å². The molecule has 13 rings (SSSR count). The summed E-state index contributed by atoms with van der Waals surface area (Å²) in [5.41, 5.74) is 12.3. The molecule has 57 heavy (non-hydrogen) atoms. The number of fused-ring (bicyclic) bond motifs is 12. The second kappa shape index (κ2) is 11.6. The Kier molecular flexibility index (Phi) is 6.26. The van der Waals surface area contributed by atoms with Crippen molar-refractivity contribution < 1.29 is 4.42 Å². The van der Waals surface area contributed by atoms with Crippen LogP contribution in [-0.4, -0.2) is 19.4 Å². The molecule has 8 aromatic carbocycles. The monoisotopic (exact) mass is 744 g/mol. The molecular formula is C51H28N4OS. The average Bonchev–Trinajstić information content (AvgIpc) is 4.04. The summed E-state index contributed by atoms with van der Waals surface area (Å²) in [5, 5.41) is 8.17. The molecule has 0 spiro atoms. The van der Waals surface area contributed by atoms with Crippen molar-refractivity contribution >= 4 is 91.6 Å². The van der Waals surface area contributed by atoms with Crippen LogP contribution in [0.5, 0.6) is 0 Å². The minimum atomic E-state index is 0.626. The third-order valence-electron chi connectivity index (χ3n) is 11.6. The number of oxazole rings is 1. The number of nitrogens with zero attached hydrogens (tertiary/aromatic N) is 4. The van der Waals surface area contributed by atoms with Crippen LogP contribution in [0, 0.1) is 0 Å². The lowest BCUT2D eigenvalue weighted by atomic mass is 9.99. The van der Waals surface area contributed by atoms with E-state index < -0.39 is 0 Å². The Morgan fingerprint density at radius 3 is 2.11 bits per heavy atom. The van der Waals surface area contributed by atoms with Crippen molar-refractivity contribution in [3.63, 3.8) is 0 Å². The number of hydrogen-bond donors (Lipinski definition) is 0.